The van der Waals surface area contributed by atoms with Crippen LogP contribution >= 0.6 is 23.4 Å². The van der Waals surface area contributed by atoms with Crippen LogP contribution in [0.1, 0.15) is 5.56 Å². The van der Waals surface area contributed by atoms with Crippen LogP contribution < -0.4 is 19.8 Å². The Morgan fingerprint density at radius 2 is 1.81 bits per heavy atom. The van der Waals surface area contributed by atoms with E-state index in [1.807, 2.05) is 47.0 Å². The molecule has 0 unspecified atom stereocenters. The van der Waals surface area contributed by atoms with Gasteiger partial charge in [-0.25, -0.2) is 5.43 Å². The lowest BCUT2D eigenvalue weighted by Gasteiger charge is -2.08. The minimum Gasteiger partial charge on any atom is -0.546 e. The number of nitrogens with zero attached hydrogens (tertiary/aromatic N) is 3. The SMILES string of the molecule is O=C([O-])COc1ccccc1/C=N/NC(=O)CSc1n[nH]c(-c2ccc(Cl)cc2)[n+]1-c1ccccc1. The van der Waals surface area contributed by atoms with Crippen molar-refractivity contribution in [2.24, 2.45) is 5.10 Å². The van der Waals surface area contributed by atoms with Gasteiger partial charge in [-0.15, -0.1) is 5.10 Å². The third kappa shape index (κ3) is 6.49. The number of carbonyl (C=O) groups excluding carboxylic acids is 2. The molecule has 4 rings (SSSR count). The molecule has 182 valence electrons. The van der Waals surface area contributed by atoms with Crippen LogP contribution in [0.3, 0.4) is 0 Å². The molecule has 0 saturated heterocycles. The van der Waals surface area contributed by atoms with Crippen LogP contribution in [0.5, 0.6) is 5.75 Å². The number of halogens is 1. The number of carboxylic acid groups (broad SMARTS) is 1. The Labute approximate surface area is 215 Å². The maximum atomic E-state index is 12.4. The van der Waals surface area contributed by atoms with Gasteiger partial charge in [0.2, 0.25) is 0 Å². The zero-order valence-corrected chi connectivity index (χ0v) is 20.3. The zero-order chi connectivity index (χ0) is 25.3. The van der Waals surface area contributed by atoms with E-state index in [2.05, 4.69) is 20.7 Å². The molecule has 11 heteroatoms. The Balaban J connectivity index is 1.45. The Hall–Kier alpha value is -4.15. The lowest BCUT2D eigenvalue weighted by molar-refractivity contribution is -0.625. The second kappa shape index (κ2) is 12.0. The number of aromatic amines is 1. The van der Waals surface area contributed by atoms with Crippen LogP contribution in [0.2, 0.25) is 5.02 Å². The van der Waals surface area contributed by atoms with Crippen molar-refractivity contribution in [3.63, 3.8) is 0 Å². The molecular formula is C25H20ClN5O4S. The van der Waals surface area contributed by atoms with Gasteiger partial charge in [0.05, 0.1) is 28.6 Å². The summed E-state index contributed by atoms with van der Waals surface area (Å²) in [6.07, 6.45) is 1.38. The predicted octanol–water partition coefficient (Wildman–Crippen LogP) is 2.38. The van der Waals surface area contributed by atoms with Crippen molar-refractivity contribution in [3.05, 3.63) is 89.4 Å². The molecule has 0 aliphatic rings. The van der Waals surface area contributed by atoms with E-state index in [9.17, 15) is 14.7 Å². The van der Waals surface area contributed by atoms with E-state index in [-0.39, 0.29) is 11.7 Å². The lowest BCUT2D eigenvalue weighted by atomic mass is 10.2. The maximum Gasteiger partial charge on any atom is 0.342 e. The Morgan fingerprint density at radius 1 is 1.08 bits per heavy atom. The first kappa shape index (κ1) is 25.0. The van der Waals surface area contributed by atoms with Crippen molar-refractivity contribution in [2.45, 2.75) is 5.16 Å². The first-order valence-electron chi connectivity index (χ1n) is 10.7. The number of hydrogen-bond donors (Lipinski definition) is 2. The number of aromatic nitrogens is 3. The largest absolute Gasteiger partial charge is 0.546 e. The zero-order valence-electron chi connectivity index (χ0n) is 18.8. The second-order valence-corrected chi connectivity index (χ2v) is 8.69. The lowest BCUT2D eigenvalue weighted by Crippen LogP contribution is -2.34. The van der Waals surface area contributed by atoms with Crippen LogP contribution in [0.4, 0.5) is 0 Å². The second-order valence-electron chi connectivity index (χ2n) is 7.31. The predicted molar refractivity (Wildman–Crippen MR) is 134 cm³/mol. The summed E-state index contributed by atoms with van der Waals surface area (Å²) in [6, 6.07) is 23.7. The third-order valence-corrected chi connectivity index (χ3v) is 5.98. The normalized spacial score (nSPS) is 10.9. The fourth-order valence-corrected chi connectivity index (χ4v) is 4.09. The molecule has 2 N–H and O–H groups in total. The Bertz CT molecular complexity index is 1380. The molecular weight excluding hydrogens is 502 g/mol. The molecule has 0 fully saturated rings. The molecule has 1 amide bonds. The molecule has 0 saturated carbocycles. The van der Waals surface area contributed by atoms with Gasteiger partial charge in [-0.1, -0.05) is 41.9 Å². The first-order valence-corrected chi connectivity index (χ1v) is 12.1. The average molecular weight is 522 g/mol. The van der Waals surface area contributed by atoms with Crippen molar-refractivity contribution in [3.8, 4) is 22.8 Å². The molecule has 36 heavy (non-hydrogen) atoms. The molecule has 0 radical (unpaired) electrons. The van der Waals surface area contributed by atoms with Crippen LogP contribution in [0, 0.1) is 0 Å². The van der Waals surface area contributed by atoms with Gasteiger partial charge in [-0.3, -0.25) is 4.79 Å². The number of ether oxygens (including phenoxy) is 1. The number of benzene rings is 3. The summed E-state index contributed by atoms with van der Waals surface area (Å²) in [7, 11) is 0. The van der Waals surface area contributed by atoms with E-state index in [0.29, 0.717) is 21.5 Å². The highest BCUT2D eigenvalue weighted by atomic mass is 35.5. The van der Waals surface area contributed by atoms with Gasteiger partial charge in [-0.2, -0.15) is 9.67 Å². The van der Waals surface area contributed by atoms with E-state index >= 15 is 0 Å². The third-order valence-electron chi connectivity index (χ3n) is 4.79. The fourth-order valence-electron chi connectivity index (χ4n) is 3.20. The summed E-state index contributed by atoms with van der Waals surface area (Å²) in [6.45, 7) is -0.586. The number of H-pyrrole nitrogens is 1. The number of amides is 1. The monoisotopic (exact) mass is 521 g/mol. The van der Waals surface area contributed by atoms with Crippen molar-refractivity contribution in [1.29, 1.82) is 0 Å². The highest BCUT2D eigenvalue weighted by Crippen LogP contribution is 2.22. The number of hydrogen-bond acceptors (Lipinski definition) is 7. The standard InChI is InChI=1S/C25H20ClN5O4S/c26-19-12-10-17(11-13-19)24-29-30-25(31(24)20-7-2-1-3-8-20)36-16-22(32)28-27-14-18-6-4-5-9-21(18)35-15-23(33)34/h1-14H,15-16H2,(H2,28,32,33,34)/b27-14+. The smallest absolute Gasteiger partial charge is 0.342 e. The number of hydrazone groups is 1. The van der Waals surface area contributed by atoms with Crippen molar-refractivity contribution in [2.75, 3.05) is 12.4 Å². The Kier molecular flexibility index (Phi) is 8.32. The molecule has 4 aromatic rings. The molecule has 0 bridgehead atoms. The minimum absolute atomic E-state index is 0.0535. The molecule has 0 spiro atoms. The fraction of sp³-hybridized carbons (Fsp3) is 0.0800. The number of para-hydroxylation sites is 2. The van der Waals surface area contributed by atoms with Crippen LogP contribution in [-0.4, -0.2) is 40.6 Å². The highest BCUT2D eigenvalue weighted by molar-refractivity contribution is 7.99. The average Bonchev–Trinajstić information content (AvgIpc) is 3.32. The number of aliphatic carboxylic acids is 1. The number of carbonyl (C=O) groups is 2. The van der Waals surface area contributed by atoms with E-state index < -0.39 is 12.6 Å². The van der Waals surface area contributed by atoms with Gasteiger partial charge in [0.1, 0.15) is 18.0 Å². The van der Waals surface area contributed by atoms with Crippen LogP contribution in [0.15, 0.2) is 89.1 Å². The van der Waals surface area contributed by atoms with Crippen molar-refractivity contribution >= 4 is 41.5 Å². The van der Waals surface area contributed by atoms with Crippen LogP contribution in [0.25, 0.3) is 17.1 Å². The van der Waals surface area contributed by atoms with Gasteiger partial charge >= 0.3 is 5.16 Å². The highest BCUT2D eigenvalue weighted by Gasteiger charge is 2.24. The van der Waals surface area contributed by atoms with E-state index in [1.54, 1.807) is 36.4 Å². The van der Waals surface area contributed by atoms with E-state index in [1.165, 1.54) is 18.0 Å². The Morgan fingerprint density at radius 3 is 2.56 bits per heavy atom. The molecule has 1 aromatic heterocycles. The number of nitrogens with one attached hydrogen (secondary N) is 2. The minimum atomic E-state index is -1.34. The van der Waals surface area contributed by atoms with Crippen molar-refractivity contribution in [1.82, 2.24) is 15.6 Å². The number of rotatable bonds is 10. The topological polar surface area (TPSA) is 123 Å². The summed E-state index contributed by atoms with van der Waals surface area (Å²) in [4.78, 5) is 23.1. The number of carboxylic acids is 1. The molecule has 0 aliphatic heterocycles. The van der Waals surface area contributed by atoms with Gasteiger partial charge in [0.15, 0.2) is 0 Å². The van der Waals surface area contributed by atoms with Gasteiger partial charge < -0.3 is 14.6 Å². The van der Waals surface area contributed by atoms with E-state index in [0.717, 1.165) is 17.1 Å². The van der Waals surface area contributed by atoms with E-state index in [4.69, 9.17) is 16.3 Å². The molecule has 3 aromatic carbocycles. The summed E-state index contributed by atoms with van der Waals surface area (Å²) in [5, 5.41) is 23.3. The number of thioether (sulfide) groups is 1. The summed E-state index contributed by atoms with van der Waals surface area (Å²) in [5.41, 5.74) is 4.73. The summed E-state index contributed by atoms with van der Waals surface area (Å²) < 4.78 is 7.10. The van der Waals surface area contributed by atoms with Gasteiger partial charge in [-0.05, 0) is 60.3 Å². The molecule has 0 atom stereocenters. The summed E-state index contributed by atoms with van der Waals surface area (Å²) >= 11 is 7.28. The van der Waals surface area contributed by atoms with Gasteiger partial charge in [0, 0.05) is 10.6 Å². The maximum absolute atomic E-state index is 12.4. The summed E-state index contributed by atoms with van der Waals surface area (Å²) in [5.74, 6) is -0.577. The van der Waals surface area contributed by atoms with Gasteiger partial charge in [0.25, 0.3) is 11.7 Å². The van der Waals surface area contributed by atoms with Crippen LogP contribution in [-0.2, 0) is 9.59 Å². The molecule has 9 nitrogen and oxygen atoms in total. The first-order chi connectivity index (χ1) is 17.5. The molecule has 1 heterocycles. The quantitative estimate of drug-likeness (QED) is 0.143. The molecule has 0 aliphatic carbocycles. The van der Waals surface area contributed by atoms with Crippen molar-refractivity contribution < 1.29 is 24.0 Å².